The first-order chi connectivity index (χ1) is 11.8. The van der Waals surface area contributed by atoms with Crippen LogP contribution in [-0.2, 0) is 11.0 Å². The first-order valence-corrected chi connectivity index (χ1v) is 8.34. The number of amides is 3. The highest BCUT2D eigenvalue weighted by Crippen LogP contribution is 2.36. The van der Waals surface area contributed by atoms with Crippen LogP contribution in [0.3, 0.4) is 0 Å². The molecule has 3 N–H and O–H groups in total. The summed E-state index contributed by atoms with van der Waals surface area (Å²) in [4.78, 5) is 23.5. The number of alkyl halides is 3. The van der Waals surface area contributed by atoms with Gasteiger partial charge in [-0.1, -0.05) is 30.9 Å². The molecular weight excluding hydrogens is 359 g/mol. The van der Waals surface area contributed by atoms with Crippen LogP contribution in [0.15, 0.2) is 18.2 Å². The molecule has 1 aromatic rings. The summed E-state index contributed by atoms with van der Waals surface area (Å²) >= 11 is 5.51. The zero-order valence-corrected chi connectivity index (χ0v) is 14.1. The monoisotopic (exact) mass is 377 g/mol. The molecule has 5 nitrogen and oxygen atoms in total. The minimum absolute atomic E-state index is 0.0452. The van der Waals surface area contributed by atoms with E-state index in [9.17, 15) is 22.8 Å². The Balaban J connectivity index is 1.83. The lowest BCUT2D eigenvalue weighted by Gasteiger charge is -2.22. The fourth-order valence-electron chi connectivity index (χ4n) is 2.67. The number of nitrogens with one attached hydrogen (secondary N) is 3. The fraction of sp³-hybridized carbons (Fsp3) is 0.500. The summed E-state index contributed by atoms with van der Waals surface area (Å²) in [5.74, 6) is -0.630. The Kier molecular flexibility index (Phi) is 6.52. The van der Waals surface area contributed by atoms with Crippen LogP contribution < -0.4 is 16.0 Å². The summed E-state index contributed by atoms with van der Waals surface area (Å²) in [5.41, 5.74) is -1.08. The second kappa shape index (κ2) is 8.42. The zero-order valence-electron chi connectivity index (χ0n) is 13.4. The van der Waals surface area contributed by atoms with Crippen molar-refractivity contribution in [2.24, 2.45) is 0 Å². The van der Waals surface area contributed by atoms with Gasteiger partial charge in [0.15, 0.2) is 0 Å². The third kappa shape index (κ3) is 6.12. The molecule has 0 radical (unpaired) electrons. The maximum absolute atomic E-state index is 12.8. The lowest BCUT2D eigenvalue weighted by atomic mass is 9.96. The zero-order chi connectivity index (χ0) is 18.4. The topological polar surface area (TPSA) is 70.2 Å². The van der Waals surface area contributed by atoms with Crippen LogP contribution in [0.2, 0.25) is 5.02 Å². The third-order valence-electron chi connectivity index (χ3n) is 3.91. The Morgan fingerprint density at radius 2 is 1.84 bits per heavy atom. The van der Waals surface area contributed by atoms with Crippen molar-refractivity contribution in [2.75, 3.05) is 11.9 Å². The van der Waals surface area contributed by atoms with Crippen LogP contribution in [-0.4, -0.2) is 24.5 Å². The number of halogens is 4. The van der Waals surface area contributed by atoms with Crippen LogP contribution in [0.1, 0.15) is 37.7 Å². The summed E-state index contributed by atoms with van der Waals surface area (Å²) in [5, 5.41) is 7.03. The molecule has 0 aromatic heterocycles. The molecule has 2 rings (SSSR count). The van der Waals surface area contributed by atoms with Crippen LogP contribution in [0, 0.1) is 0 Å². The Morgan fingerprint density at radius 1 is 1.16 bits per heavy atom. The smallest absolute Gasteiger partial charge is 0.335 e. The predicted molar refractivity (Wildman–Crippen MR) is 88.5 cm³/mol. The lowest BCUT2D eigenvalue weighted by Crippen LogP contribution is -2.45. The number of rotatable bonds is 4. The number of urea groups is 1. The standard InChI is InChI=1S/C16H19ClF3N3O2/c17-13-7-6-11(8-12(13)16(18,19)20)22-14(24)9-21-15(25)23-10-4-2-1-3-5-10/h6-8,10H,1-5,9H2,(H,22,24)(H2,21,23,25). The molecule has 9 heteroatoms. The van der Waals surface area contributed by atoms with Gasteiger partial charge >= 0.3 is 12.2 Å². The van der Waals surface area contributed by atoms with Gasteiger partial charge in [-0.3, -0.25) is 4.79 Å². The Hall–Kier alpha value is -1.96. The van der Waals surface area contributed by atoms with E-state index in [0.29, 0.717) is 0 Å². The third-order valence-corrected chi connectivity index (χ3v) is 4.23. The van der Waals surface area contributed by atoms with Crippen molar-refractivity contribution >= 4 is 29.2 Å². The molecule has 1 saturated carbocycles. The SMILES string of the molecule is O=C(CNC(=O)NC1CCCCC1)Nc1ccc(Cl)c(C(F)(F)F)c1. The van der Waals surface area contributed by atoms with E-state index in [2.05, 4.69) is 16.0 Å². The molecule has 0 spiro atoms. The van der Waals surface area contributed by atoms with E-state index in [1.54, 1.807) is 0 Å². The average molecular weight is 378 g/mol. The number of carbonyl (C=O) groups is 2. The first kappa shape index (κ1) is 19.4. The van der Waals surface area contributed by atoms with Gasteiger partial charge in [0, 0.05) is 11.7 Å². The highest BCUT2D eigenvalue weighted by molar-refractivity contribution is 6.31. The van der Waals surface area contributed by atoms with Gasteiger partial charge in [0.05, 0.1) is 17.1 Å². The summed E-state index contributed by atoms with van der Waals surface area (Å²) in [7, 11) is 0. The van der Waals surface area contributed by atoms with Crippen molar-refractivity contribution in [1.82, 2.24) is 10.6 Å². The molecule has 138 valence electrons. The minimum atomic E-state index is -4.62. The van der Waals surface area contributed by atoms with E-state index < -0.39 is 28.7 Å². The molecule has 0 heterocycles. The quantitative estimate of drug-likeness (QED) is 0.744. The van der Waals surface area contributed by atoms with Crippen molar-refractivity contribution in [2.45, 2.75) is 44.3 Å². The van der Waals surface area contributed by atoms with Gasteiger partial charge in [-0.2, -0.15) is 13.2 Å². The normalized spacial score (nSPS) is 15.5. The largest absolute Gasteiger partial charge is 0.417 e. The highest BCUT2D eigenvalue weighted by atomic mass is 35.5. The second-order valence-electron chi connectivity index (χ2n) is 5.90. The predicted octanol–water partition coefficient (Wildman–Crippen LogP) is 3.93. The minimum Gasteiger partial charge on any atom is -0.335 e. The van der Waals surface area contributed by atoms with E-state index in [1.165, 1.54) is 6.07 Å². The number of carbonyl (C=O) groups excluding carboxylic acids is 2. The first-order valence-electron chi connectivity index (χ1n) is 7.96. The van der Waals surface area contributed by atoms with E-state index in [-0.39, 0.29) is 18.3 Å². The van der Waals surface area contributed by atoms with Crippen LogP contribution in [0.25, 0.3) is 0 Å². The second-order valence-corrected chi connectivity index (χ2v) is 6.31. The number of benzene rings is 1. The molecule has 0 atom stereocenters. The van der Waals surface area contributed by atoms with Crippen LogP contribution in [0.5, 0.6) is 0 Å². The summed E-state index contributed by atoms with van der Waals surface area (Å²) in [6.07, 6.45) is 0.474. The molecule has 0 unspecified atom stereocenters. The molecule has 3 amide bonds. The molecule has 1 fully saturated rings. The van der Waals surface area contributed by atoms with Crippen molar-refractivity contribution in [1.29, 1.82) is 0 Å². The number of hydrogen-bond acceptors (Lipinski definition) is 2. The van der Waals surface area contributed by atoms with Crippen molar-refractivity contribution in [3.8, 4) is 0 Å². The maximum atomic E-state index is 12.8. The van der Waals surface area contributed by atoms with Gasteiger partial charge < -0.3 is 16.0 Å². The molecule has 0 aliphatic heterocycles. The number of anilines is 1. The molecule has 0 saturated heterocycles. The highest BCUT2D eigenvalue weighted by Gasteiger charge is 2.33. The van der Waals surface area contributed by atoms with E-state index in [1.807, 2.05) is 0 Å². The summed E-state index contributed by atoms with van der Waals surface area (Å²) in [6.45, 7) is -0.345. The van der Waals surface area contributed by atoms with E-state index in [4.69, 9.17) is 11.6 Å². The molecule has 1 aliphatic carbocycles. The van der Waals surface area contributed by atoms with Gasteiger partial charge in [0.25, 0.3) is 0 Å². The van der Waals surface area contributed by atoms with Gasteiger partial charge in [-0.25, -0.2) is 4.79 Å². The van der Waals surface area contributed by atoms with Gasteiger partial charge in [0.1, 0.15) is 0 Å². The van der Waals surface area contributed by atoms with Crippen molar-refractivity contribution < 1.29 is 22.8 Å². The van der Waals surface area contributed by atoms with Gasteiger partial charge in [-0.15, -0.1) is 0 Å². The Bertz CT molecular complexity index is 632. The molecule has 25 heavy (non-hydrogen) atoms. The lowest BCUT2D eigenvalue weighted by molar-refractivity contribution is -0.137. The molecular formula is C16H19ClF3N3O2. The number of hydrogen-bond donors (Lipinski definition) is 3. The molecule has 1 aliphatic rings. The van der Waals surface area contributed by atoms with Gasteiger partial charge in [0.2, 0.25) is 5.91 Å². The molecule has 0 bridgehead atoms. The van der Waals surface area contributed by atoms with Crippen molar-refractivity contribution in [3.63, 3.8) is 0 Å². The Labute approximate surface area is 148 Å². The maximum Gasteiger partial charge on any atom is 0.417 e. The van der Waals surface area contributed by atoms with E-state index in [0.717, 1.165) is 44.2 Å². The molecule has 1 aromatic carbocycles. The average Bonchev–Trinajstić information content (AvgIpc) is 2.55. The summed E-state index contributed by atoms with van der Waals surface area (Å²) in [6, 6.07) is 2.71. The van der Waals surface area contributed by atoms with Crippen LogP contribution >= 0.6 is 11.6 Å². The van der Waals surface area contributed by atoms with Crippen LogP contribution in [0.4, 0.5) is 23.7 Å². The van der Waals surface area contributed by atoms with Gasteiger partial charge in [-0.05, 0) is 31.0 Å². The fourth-order valence-corrected chi connectivity index (χ4v) is 2.89. The van der Waals surface area contributed by atoms with Crippen molar-refractivity contribution in [3.05, 3.63) is 28.8 Å². The Morgan fingerprint density at radius 3 is 2.48 bits per heavy atom. The van der Waals surface area contributed by atoms with E-state index >= 15 is 0 Å². The summed E-state index contributed by atoms with van der Waals surface area (Å²) < 4.78 is 38.3.